The Kier molecular flexibility index (Phi) is 7.87. The number of hydrogen-bond donors (Lipinski definition) is 1. The van der Waals surface area contributed by atoms with Crippen molar-refractivity contribution in [1.29, 1.82) is 0 Å². The van der Waals surface area contributed by atoms with Crippen LogP contribution < -0.4 is 5.73 Å². The Bertz CT molecular complexity index is 151. The van der Waals surface area contributed by atoms with Gasteiger partial charge in [-0.3, -0.25) is 0 Å². The Balaban J connectivity index is 1.84. The molecular formula is C14H30N2. The Morgan fingerprint density at radius 3 is 2.12 bits per heavy atom. The summed E-state index contributed by atoms with van der Waals surface area (Å²) in [5.74, 6) is 0. The first-order chi connectivity index (χ1) is 7.83. The molecule has 0 spiro atoms. The molecule has 1 saturated heterocycles. The third-order valence-electron chi connectivity index (χ3n) is 3.71. The van der Waals surface area contributed by atoms with Gasteiger partial charge in [0, 0.05) is 6.04 Å². The van der Waals surface area contributed by atoms with Crippen LogP contribution >= 0.6 is 0 Å². The second-order valence-electron chi connectivity index (χ2n) is 5.30. The molecule has 0 radical (unpaired) electrons. The SMILES string of the molecule is CCCCCCCCCN1CCC(N)CC1. The van der Waals surface area contributed by atoms with Gasteiger partial charge in [-0.1, -0.05) is 45.4 Å². The number of unbranched alkanes of at least 4 members (excludes halogenated alkanes) is 6. The highest BCUT2D eigenvalue weighted by Gasteiger charge is 2.14. The predicted octanol–water partition coefficient (Wildman–Crippen LogP) is 3.16. The van der Waals surface area contributed by atoms with Crippen molar-refractivity contribution < 1.29 is 0 Å². The molecule has 0 amide bonds. The number of piperidine rings is 1. The zero-order chi connectivity index (χ0) is 11.6. The van der Waals surface area contributed by atoms with E-state index in [1.807, 2.05) is 0 Å². The monoisotopic (exact) mass is 226 g/mol. The highest BCUT2D eigenvalue weighted by atomic mass is 15.1. The van der Waals surface area contributed by atoms with Gasteiger partial charge >= 0.3 is 0 Å². The minimum Gasteiger partial charge on any atom is -0.328 e. The molecule has 0 aromatic carbocycles. The number of rotatable bonds is 8. The zero-order valence-electron chi connectivity index (χ0n) is 11.1. The quantitative estimate of drug-likeness (QED) is 0.644. The molecule has 16 heavy (non-hydrogen) atoms. The maximum atomic E-state index is 5.89. The average Bonchev–Trinajstić information content (AvgIpc) is 2.30. The first-order valence-electron chi connectivity index (χ1n) is 7.31. The van der Waals surface area contributed by atoms with Gasteiger partial charge in [-0.2, -0.15) is 0 Å². The lowest BCUT2D eigenvalue weighted by Crippen LogP contribution is -2.39. The summed E-state index contributed by atoms with van der Waals surface area (Å²) in [6.07, 6.45) is 12.3. The van der Waals surface area contributed by atoms with Crippen LogP contribution in [0.15, 0.2) is 0 Å². The molecule has 0 aliphatic carbocycles. The fourth-order valence-electron chi connectivity index (χ4n) is 2.47. The first kappa shape index (κ1) is 14.0. The Morgan fingerprint density at radius 2 is 1.50 bits per heavy atom. The van der Waals surface area contributed by atoms with Crippen LogP contribution in [-0.2, 0) is 0 Å². The summed E-state index contributed by atoms with van der Waals surface area (Å²) in [7, 11) is 0. The van der Waals surface area contributed by atoms with Crippen molar-refractivity contribution >= 4 is 0 Å². The Labute approximate surface area is 102 Å². The van der Waals surface area contributed by atoms with E-state index in [9.17, 15) is 0 Å². The second-order valence-corrected chi connectivity index (χ2v) is 5.30. The first-order valence-corrected chi connectivity index (χ1v) is 7.31. The van der Waals surface area contributed by atoms with Gasteiger partial charge in [-0.15, -0.1) is 0 Å². The van der Waals surface area contributed by atoms with Gasteiger partial charge in [0.1, 0.15) is 0 Å². The normalized spacial score (nSPS) is 19.1. The summed E-state index contributed by atoms with van der Waals surface area (Å²) in [5, 5.41) is 0. The predicted molar refractivity (Wildman–Crippen MR) is 71.6 cm³/mol. The van der Waals surface area contributed by atoms with Crippen LogP contribution in [0.1, 0.15) is 64.7 Å². The van der Waals surface area contributed by atoms with Crippen LogP contribution in [0, 0.1) is 0 Å². The van der Waals surface area contributed by atoms with Gasteiger partial charge in [-0.05, 0) is 38.9 Å². The number of likely N-dealkylation sites (tertiary alicyclic amines) is 1. The molecule has 0 saturated carbocycles. The lowest BCUT2D eigenvalue weighted by Gasteiger charge is -2.29. The van der Waals surface area contributed by atoms with Crippen LogP contribution in [0.5, 0.6) is 0 Å². The standard InChI is InChI=1S/C14H30N2/c1-2-3-4-5-6-7-8-11-16-12-9-14(15)10-13-16/h14H,2-13,15H2,1H3. The van der Waals surface area contributed by atoms with E-state index in [4.69, 9.17) is 5.73 Å². The van der Waals surface area contributed by atoms with Crippen LogP contribution in [0.3, 0.4) is 0 Å². The van der Waals surface area contributed by atoms with E-state index in [0.717, 1.165) is 0 Å². The summed E-state index contributed by atoms with van der Waals surface area (Å²) in [5.41, 5.74) is 5.89. The highest BCUT2D eigenvalue weighted by molar-refractivity contribution is 4.73. The van der Waals surface area contributed by atoms with Crippen LogP contribution in [0.4, 0.5) is 0 Å². The van der Waals surface area contributed by atoms with E-state index in [-0.39, 0.29) is 0 Å². The maximum absolute atomic E-state index is 5.89. The topological polar surface area (TPSA) is 29.3 Å². The molecule has 2 heteroatoms. The lowest BCUT2D eigenvalue weighted by atomic mass is 10.1. The molecule has 0 aromatic heterocycles. The van der Waals surface area contributed by atoms with E-state index in [1.54, 1.807) is 0 Å². The number of hydrogen-bond acceptors (Lipinski definition) is 2. The third-order valence-corrected chi connectivity index (χ3v) is 3.71. The molecular weight excluding hydrogens is 196 g/mol. The molecule has 1 aliphatic rings. The Hall–Kier alpha value is -0.0800. The molecule has 1 rings (SSSR count). The van der Waals surface area contributed by atoms with E-state index in [1.165, 1.54) is 77.4 Å². The molecule has 0 atom stereocenters. The second kappa shape index (κ2) is 9.00. The van der Waals surface area contributed by atoms with Crippen molar-refractivity contribution in [1.82, 2.24) is 4.90 Å². The highest BCUT2D eigenvalue weighted by Crippen LogP contribution is 2.11. The Morgan fingerprint density at radius 1 is 0.938 bits per heavy atom. The van der Waals surface area contributed by atoms with Gasteiger partial charge in [0.2, 0.25) is 0 Å². The molecule has 96 valence electrons. The van der Waals surface area contributed by atoms with Gasteiger partial charge in [-0.25, -0.2) is 0 Å². The summed E-state index contributed by atoms with van der Waals surface area (Å²) in [6, 6.07) is 0.477. The van der Waals surface area contributed by atoms with E-state index < -0.39 is 0 Å². The van der Waals surface area contributed by atoms with E-state index >= 15 is 0 Å². The molecule has 1 fully saturated rings. The van der Waals surface area contributed by atoms with Gasteiger partial charge in [0.25, 0.3) is 0 Å². The summed E-state index contributed by atoms with van der Waals surface area (Å²) >= 11 is 0. The minimum atomic E-state index is 0.477. The van der Waals surface area contributed by atoms with E-state index in [2.05, 4.69) is 11.8 Å². The average molecular weight is 226 g/mol. The van der Waals surface area contributed by atoms with Crippen molar-refractivity contribution in [3.63, 3.8) is 0 Å². The maximum Gasteiger partial charge on any atom is 0.00631 e. The van der Waals surface area contributed by atoms with Crippen LogP contribution in [0.2, 0.25) is 0 Å². The van der Waals surface area contributed by atoms with Crippen LogP contribution in [-0.4, -0.2) is 30.6 Å². The lowest BCUT2D eigenvalue weighted by molar-refractivity contribution is 0.209. The molecule has 0 aromatic rings. The van der Waals surface area contributed by atoms with Crippen molar-refractivity contribution in [2.45, 2.75) is 70.8 Å². The van der Waals surface area contributed by atoms with Crippen molar-refractivity contribution in [2.24, 2.45) is 5.73 Å². The third kappa shape index (κ3) is 6.49. The van der Waals surface area contributed by atoms with Gasteiger partial charge < -0.3 is 10.6 Å². The molecule has 2 N–H and O–H groups in total. The van der Waals surface area contributed by atoms with Crippen molar-refractivity contribution in [3.05, 3.63) is 0 Å². The summed E-state index contributed by atoms with van der Waals surface area (Å²) in [4.78, 5) is 2.59. The molecule has 0 unspecified atom stereocenters. The number of nitrogens with two attached hydrogens (primary N) is 1. The summed E-state index contributed by atoms with van der Waals surface area (Å²) in [6.45, 7) is 6.05. The zero-order valence-corrected chi connectivity index (χ0v) is 11.1. The van der Waals surface area contributed by atoms with Gasteiger partial charge in [0.05, 0.1) is 0 Å². The molecule has 1 aliphatic heterocycles. The van der Waals surface area contributed by atoms with Crippen molar-refractivity contribution in [3.8, 4) is 0 Å². The smallest absolute Gasteiger partial charge is 0.00631 e. The molecule has 2 nitrogen and oxygen atoms in total. The van der Waals surface area contributed by atoms with Crippen molar-refractivity contribution in [2.75, 3.05) is 19.6 Å². The fraction of sp³-hybridized carbons (Fsp3) is 1.00. The molecule has 1 heterocycles. The number of nitrogens with zero attached hydrogens (tertiary/aromatic N) is 1. The van der Waals surface area contributed by atoms with Crippen LogP contribution in [0.25, 0.3) is 0 Å². The molecule has 0 bridgehead atoms. The van der Waals surface area contributed by atoms with E-state index in [0.29, 0.717) is 6.04 Å². The summed E-state index contributed by atoms with van der Waals surface area (Å²) < 4.78 is 0. The largest absolute Gasteiger partial charge is 0.328 e. The minimum absolute atomic E-state index is 0.477. The van der Waals surface area contributed by atoms with Gasteiger partial charge in [0.15, 0.2) is 0 Å². The fourth-order valence-corrected chi connectivity index (χ4v) is 2.47.